The Hall–Kier alpha value is -1.84. The predicted molar refractivity (Wildman–Crippen MR) is 71.5 cm³/mol. The number of Topliss-reactive ketones (excluding diaryl/α,β-unsaturated/α-hetero) is 1. The molecule has 4 nitrogen and oxygen atoms in total. The Morgan fingerprint density at radius 3 is 3.00 bits per heavy atom. The van der Waals surface area contributed by atoms with Crippen molar-refractivity contribution >= 4 is 22.5 Å². The van der Waals surface area contributed by atoms with E-state index in [1.807, 2.05) is 6.07 Å². The van der Waals surface area contributed by atoms with Gasteiger partial charge in [0.05, 0.1) is 17.4 Å². The molecule has 2 aromatic rings. The number of H-pyrrole nitrogens is 1. The van der Waals surface area contributed by atoms with Crippen LogP contribution in [0.1, 0.15) is 25.7 Å². The molecule has 1 aliphatic carbocycles. The van der Waals surface area contributed by atoms with Crippen LogP contribution >= 0.6 is 0 Å². The zero-order valence-electron chi connectivity index (χ0n) is 10.3. The number of nitrogens with zero attached hydrogens (tertiary/aromatic N) is 1. The molecule has 3 rings (SSSR count). The summed E-state index contributed by atoms with van der Waals surface area (Å²) in [7, 11) is 0. The highest BCUT2D eigenvalue weighted by Crippen LogP contribution is 2.22. The van der Waals surface area contributed by atoms with Crippen molar-refractivity contribution in [2.45, 2.75) is 25.7 Å². The van der Waals surface area contributed by atoms with Crippen molar-refractivity contribution in [3.63, 3.8) is 0 Å². The largest absolute Gasteiger partial charge is 0.385 e. The molecule has 1 aromatic carbocycles. The lowest BCUT2D eigenvalue weighted by Gasteiger charge is -2.21. The van der Waals surface area contributed by atoms with Gasteiger partial charge in [-0.05, 0) is 37.0 Å². The second-order valence-corrected chi connectivity index (χ2v) is 5.00. The van der Waals surface area contributed by atoms with Gasteiger partial charge in [-0.1, -0.05) is 0 Å². The van der Waals surface area contributed by atoms with Gasteiger partial charge in [0, 0.05) is 25.1 Å². The molecule has 0 atom stereocenters. The van der Waals surface area contributed by atoms with Crippen molar-refractivity contribution in [1.82, 2.24) is 9.97 Å². The van der Waals surface area contributed by atoms with Gasteiger partial charge in [0.25, 0.3) is 0 Å². The maximum atomic E-state index is 11.2. The number of rotatable bonds is 3. The van der Waals surface area contributed by atoms with E-state index in [1.54, 1.807) is 6.33 Å². The highest BCUT2D eigenvalue weighted by molar-refractivity contribution is 5.79. The Balaban J connectivity index is 1.60. The van der Waals surface area contributed by atoms with Gasteiger partial charge in [-0.3, -0.25) is 4.79 Å². The van der Waals surface area contributed by atoms with Crippen molar-refractivity contribution in [2.75, 3.05) is 11.9 Å². The number of hydrogen-bond donors (Lipinski definition) is 2. The van der Waals surface area contributed by atoms with Crippen LogP contribution in [0.25, 0.3) is 11.0 Å². The quantitative estimate of drug-likeness (QED) is 0.871. The molecule has 1 heterocycles. The summed E-state index contributed by atoms with van der Waals surface area (Å²) >= 11 is 0. The van der Waals surface area contributed by atoms with E-state index < -0.39 is 0 Å². The van der Waals surface area contributed by atoms with E-state index in [9.17, 15) is 4.79 Å². The summed E-state index contributed by atoms with van der Waals surface area (Å²) in [6.07, 6.45) is 5.27. The number of benzene rings is 1. The molecule has 2 N–H and O–H groups in total. The lowest BCUT2D eigenvalue weighted by atomic mass is 9.88. The molecule has 94 valence electrons. The fourth-order valence-electron chi connectivity index (χ4n) is 2.51. The van der Waals surface area contributed by atoms with E-state index in [-0.39, 0.29) is 0 Å². The van der Waals surface area contributed by atoms with E-state index >= 15 is 0 Å². The Morgan fingerprint density at radius 1 is 1.33 bits per heavy atom. The summed E-state index contributed by atoms with van der Waals surface area (Å²) in [6.45, 7) is 0.951. The van der Waals surface area contributed by atoms with Crippen LogP contribution in [-0.2, 0) is 4.79 Å². The molecule has 0 spiro atoms. The van der Waals surface area contributed by atoms with E-state index in [2.05, 4.69) is 27.4 Å². The number of fused-ring (bicyclic) bond motifs is 1. The molecule has 0 unspecified atom stereocenters. The molecule has 1 fully saturated rings. The number of aromatic amines is 1. The molecule has 0 radical (unpaired) electrons. The summed E-state index contributed by atoms with van der Waals surface area (Å²) in [4.78, 5) is 18.5. The second-order valence-electron chi connectivity index (χ2n) is 5.00. The van der Waals surface area contributed by atoms with Crippen LogP contribution in [0, 0.1) is 5.92 Å². The van der Waals surface area contributed by atoms with Gasteiger partial charge >= 0.3 is 0 Å². The first kappa shape index (κ1) is 11.3. The van der Waals surface area contributed by atoms with Gasteiger partial charge in [-0.25, -0.2) is 4.98 Å². The number of ketones is 1. The van der Waals surface area contributed by atoms with Gasteiger partial charge in [0.2, 0.25) is 0 Å². The Labute approximate surface area is 106 Å². The summed E-state index contributed by atoms with van der Waals surface area (Å²) < 4.78 is 0. The van der Waals surface area contributed by atoms with Crippen LogP contribution in [0.15, 0.2) is 24.5 Å². The van der Waals surface area contributed by atoms with E-state index in [0.717, 1.165) is 48.9 Å². The average molecular weight is 243 g/mol. The zero-order valence-corrected chi connectivity index (χ0v) is 10.3. The number of anilines is 1. The van der Waals surface area contributed by atoms with Gasteiger partial charge in [-0.2, -0.15) is 0 Å². The monoisotopic (exact) mass is 243 g/mol. The van der Waals surface area contributed by atoms with Gasteiger partial charge in [-0.15, -0.1) is 0 Å². The smallest absolute Gasteiger partial charge is 0.132 e. The lowest BCUT2D eigenvalue weighted by molar-refractivity contribution is -0.120. The van der Waals surface area contributed by atoms with E-state index in [0.29, 0.717) is 11.7 Å². The van der Waals surface area contributed by atoms with Gasteiger partial charge in [0.15, 0.2) is 0 Å². The Kier molecular flexibility index (Phi) is 3.00. The summed E-state index contributed by atoms with van der Waals surface area (Å²) in [6, 6.07) is 6.14. The molecule has 0 saturated heterocycles. The van der Waals surface area contributed by atoms with Gasteiger partial charge in [0.1, 0.15) is 5.78 Å². The number of carbonyl (C=O) groups is 1. The number of carbonyl (C=O) groups excluding carboxylic acids is 1. The highest BCUT2D eigenvalue weighted by Gasteiger charge is 2.18. The normalized spacial score (nSPS) is 17.2. The fraction of sp³-hybridized carbons (Fsp3) is 0.429. The third-order valence-electron chi connectivity index (χ3n) is 3.68. The molecule has 1 aromatic heterocycles. The van der Waals surface area contributed by atoms with Crippen molar-refractivity contribution in [2.24, 2.45) is 5.92 Å². The maximum Gasteiger partial charge on any atom is 0.132 e. The number of hydrogen-bond acceptors (Lipinski definition) is 3. The lowest BCUT2D eigenvalue weighted by Crippen LogP contribution is -2.20. The van der Waals surface area contributed by atoms with Crippen molar-refractivity contribution in [3.8, 4) is 0 Å². The molecule has 4 heteroatoms. The standard InChI is InChI=1S/C14H17N3O/c18-12-4-1-10(2-5-12)8-15-11-3-6-13-14(7-11)17-9-16-13/h3,6-7,9-10,15H,1-2,4-5,8H2,(H,16,17). The van der Waals surface area contributed by atoms with Crippen LogP contribution in [0.3, 0.4) is 0 Å². The second kappa shape index (κ2) is 4.80. The van der Waals surface area contributed by atoms with Crippen LogP contribution < -0.4 is 5.32 Å². The minimum atomic E-state index is 0.421. The topological polar surface area (TPSA) is 57.8 Å². The zero-order chi connectivity index (χ0) is 12.4. The molecule has 0 bridgehead atoms. The minimum Gasteiger partial charge on any atom is -0.385 e. The molecule has 0 amide bonds. The molecular formula is C14H17N3O. The van der Waals surface area contributed by atoms with Crippen molar-refractivity contribution in [1.29, 1.82) is 0 Å². The number of nitrogens with one attached hydrogen (secondary N) is 2. The third-order valence-corrected chi connectivity index (χ3v) is 3.68. The summed E-state index contributed by atoms with van der Waals surface area (Å²) in [5, 5.41) is 3.45. The summed E-state index contributed by atoms with van der Waals surface area (Å²) in [5.74, 6) is 1.05. The Bertz CT molecular complexity index is 551. The van der Waals surface area contributed by atoms with Crippen LogP contribution in [0.5, 0.6) is 0 Å². The Morgan fingerprint density at radius 2 is 2.17 bits per heavy atom. The van der Waals surface area contributed by atoms with Crippen molar-refractivity contribution < 1.29 is 4.79 Å². The fourth-order valence-corrected chi connectivity index (χ4v) is 2.51. The SMILES string of the molecule is O=C1CCC(CNc2ccc3nc[nH]c3c2)CC1. The molecule has 0 aliphatic heterocycles. The van der Waals surface area contributed by atoms with E-state index in [4.69, 9.17) is 0 Å². The molecule has 1 aliphatic rings. The molecular weight excluding hydrogens is 226 g/mol. The van der Waals surface area contributed by atoms with Gasteiger partial charge < -0.3 is 10.3 Å². The highest BCUT2D eigenvalue weighted by atomic mass is 16.1. The first-order valence-electron chi connectivity index (χ1n) is 6.50. The predicted octanol–water partition coefficient (Wildman–Crippen LogP) is 2.73. The van der Waals surface area contributed by atoms with Crippen molar-refractivity contribution in [3.05, 3.63) is 24.5 Å². The number of aromatic nitrogens is 2. The van der Waals surface area contributed by atoms with Crippen LogP contribution in [-0.4, -0.2) is 22.3 Å². The molecule has 1 saturated carbocycles. The minimum absolute atomic E-state index is 0.421. The van der Waals surface area contributed by atoms with Crippen LogP contribution in [0.4, 0.5) is 5.69 Å². The van der Waals surface area contributed by atoms with E-state index in [1.165, 1.54) is 0 Å². The third kappa shape index (κ3) is 2.37. The van der Waals surface area contributed by atoms with Crippen LogP contribution in [0.2, 0.25) is 0 Å². The molecule has 18 heavy (non-hydrogen) atoms. The number of imidazole rings is 1. The maximum absolute atomic E-state index is 11.2. The average Bonchev–Trinajstić information content (AvgIpc) is 2.85. The first-order chi connectivity index (χ1) is 8.81. The summed E-state index contributed by atoms with van der Waals surface area (Å²) in [5.41, 5.74) is 3.16. The first-order valence-corrected chi connectivity index (χ1v) is 6.50.